The van der Waals surface area contributed by atoms with Crippen LogP contribution in [0.15, 0.2) is 59.0 Å². The first kappa shape index (κ1) is 20.0. The molecule has 1 saturated heterocycles. The Balaban J connectivity index is 1.42. The highest BCUT2D eigenvalue weighted by molar-refractivity contribution is 5.94. The van der Waals surface area contributed by atoms with Crippen molar-refractivity contribution in [3.8, 4) is 5.75 Å². The normalized spacial score (nSPS) is 16.4. The summed E-state index contributed by atoms with van der Waals surface area (Å²) in [7, 11) is 0. The average Bonchev–Trinajstić information content (AvgIpc) is 3.26. The summed E-state index contributed by atoms with van der Waals surface area (Å²) in [6, 6.07) is 16.8. The van der Waals surface area contributed by atoms with Crippen molar-refractivity contribution in [1.29, 1.82) is 0 Å². The van der Waals surface area contributed by atoms with Crippen LogP contribution in [0.25, 0.3) is 10.8 Å². The van der Waals surface area contributed by atoms with Crippen molar-refractivity contribution in [3.63, 3.8) is 0 Å². The number of fused-ring (bicyclic) bond motifs is 1. The largest absolute Gasteiger partial charge is 0.486 e. The van der Waals surface area contributed by atoms with Crippen molar-refractivity contribution < 1.29 is 23.5 Å². The van der Waals surface area contributed by atoms with Crippen LogP contribution in [0.1, 0.15) is 42.5 Å². The van der Waals surface area contributed by atoms with E-state index in [-0.39, 0.29) is 24.2 Å². The van der Waals surface area contributed by atoms with Crippen LogP contribution in [0.5, 0.6) is 5.75 Å². The van der Waals surface area contributed by atoms with E-state index in [0.29, 0.717) is 25.3 Å². The molecular formula is C24H25NO5. The standard InChI is InChI=1S/C24H25NO5/c1-2-28-24(27)21-9-5-6-14-25(21)23(26)22-13-12-20(30-22)16-29-19-11-10-17-7-3-4-8-18(17)15-19/h3-4,7-8,10-13,15,21H,2,5-6,9,14,16H2,1H3. The topological polar surface area (TPSA) is 69.0 Å². The number of benzene rings is 2. The molecule has 156 valence electrons. The van der Waals surface area contributed by atoms with E-state index in [0.717, 1.165) is 29.4 Å². The van der Waals surface area contributed by atoms with Gasteiger partial charge in [-0.3, -0.25) is 4.79 Å². The van der Waals surface area contributed by atoms with E-state index in [1.54, 1.807) is 24.0 Å². The molecule has 0 N–H and O–H groups in total. The molecular weight excluding hydrogens is 382 g/mol. The van der Waals surface area contributed by atoms with Gasteiger partial charge in [0.05, 0.1) is 6.61 Å². The number of nitrogens with zero attached hydrogens (tertiary/aromatic N) is 1. The van der Waals surface area contributed by atoms with Gasteiger partial charge in [-0.25, -0.2) is 4.79 Å². The van der Waals surface area contributed by atoms with Crippen molar-refractivity contribution >= 4 is 22.6 Å². The Morgan fingerprint density at radius 2 is 1.90 bits per heavy atom. The van der Waals surface area contributed by atoms with Gasteiger partial charge in [-0.2, -0.15) is 0 Å². The van der Waals surface area contributed by atoms with Crippen LogP contribution >= 0.6 is 0 Å². The molecule has 0 aliphatic carbocycles. The van der Waals surface area contributed by atoms with Crippen molar-refractivity contribution in [2.75, 3.05) is 13.2 Å². The molecule has 2 heterocycles. The van der Waals surface area contributed by atoms with Crippen molar-refractivity contribution in [2.45, 2.75) is 38.8 Å². The third-order valence-electron chi connectivity index (χ3n) is 5.30. The van der Waals surface area contributed by atoms with Gasteiger partial charge >= 0.3 is 5.97 Å². The maximum atomic E-state index is 12.9. The van der Waals surface area contributed by atoms with Gasteiger partial charge in [-0.05, 0) is 61.2 Å². The van der Waals surface area contributed by atoms with Crippen LogP contribution in [0.2, 0.25) is 0 Å². The number of amides is 1. The first-order valence-corrected chi connectivity index (χ1v) is 10.3. The van der Waals surface area contributed by atoms with E-state index in [4.69, 9.17) is 13.9 Å². The molecule has 1 aliphatic rings. The molecule has 2 aromatic carbocycles. The minimum Gasteiger partial charge on any atom is -0.486 e. The van der Waals surface area contributed by atoms with E-state index in [1.165, 1.54) is 0 Å². The molecule has 4 rings (SSSR count). The van der Waals surface area contributed by atoms with Crippen molar-refractivity contribution in [2.24, 2.45) is 0 Å². The highest BCUT2D eigenvalue weighted by Gasteiger charge is 2.34. The van der Waals surface area contributed by atoms with Gasteiger partial charge in [0.2, 0.25) is 0 Å². The summed E-state index contributed by atoms with van der Waals surface area (Å²) >= 11 is 0. The third kappa shape index (κ3) is 4.32. The Kier molecular flexibility index (Phi) is 6.02. The van der Waals surface area contributed by atoms with Gasteiger partial charge in [0.1, 0.15) is 24.2 Å². The molecule has 0 radical (unpaired) electrons. The van der Waals surface area contributed by atoms with Gasteiger partial charge in [-0.15, -0.1) is 0 Å². The summed E-state index contributed by atoms with van der Waals surface area (Å²) in [6.07, 6.45) is 2.37. The van der Waals surface area contributed by atoms with Gasteiger partial charge in [-0.1, -0.05) is 30.3 Å². The van der Waals surface area contributed by atoms with Crippen LogP contribution in [-0.2, 0) is 16.1 Å². The monoisotopic (exact) mass is 407 g/mol. The zero-order chi connectivity index (χ0) is 20.9. The fourth-order valence-corrected chi connectivity index (χ4v) is 3.78. The molecule has 0 spiro atoms. The molecule has 1 aliphatic heterocycles. The maximum Gasteiger partial charge on any atom is 0.328 e. The predicted octanol–water partition coefficient (Wildman–Crippen LogP) is 4.57. The number of carbonyl (C=O) groups excluding carboxylic acids is 2. The lowest BCUT2D eigenvalue weighted by atomic mass is 10.0. The summed E-state index contributed by atoms with van der Waals surface area (Å²) in [5, 5.41) is 2.24. The second-order valence-corrected chi connectivity index (χ2v) is 7.33. The minimum atomic E-state index is -0.548. The third-order valence-corrected chi connectivity index (χ3v) is 5.30. The Morgan fingerprint density at radius 3 is 2.73 bits per heavy atom. The number of likely N-dealkylation sites (tertiary alicyclic amines) is 1. The molecule has 1 amide bonds. The van der Waals surface area contributed by atoms with Gasteiger partial charge in [0, 0.05) is 6.54 Å². The first-order valence-electron chi connectivity index (χ1n) is 10.3. The number of piperidine rings is 1. The van der Waals surface area contributed by atoms with E-state index < -0.39 is 6.04 Å². The number of esters is 1. The highest BCUT2D eigenvalue weighted by Crippen LogP contribution is 2.24. The maximum absolute atomic E-state index is 12.9. The van der Waals surface area contributed by atoms with E-state index in [2.05, 4.69) is 0 Å². The van der Waals surface area contributed by atoms with E-state index in [1.807, 2.05) is 42.5 Å². The van der Waals surface area contributed by atoms with Gasteiger partial charge in [0.25, 0.3) is 5.91 Å². The highest BCUT2D eigenvalue weighted by atomic mass is 16.5. The summed E-state index contributed by atoms with van der Waals surface area (Å²) in [5.41, 5.74) is 0. The molecule has 1 aromatic heterocycles. The summed E-state index contributed by atoms with van der Waals surface area (Å²) in [5.74, 6) is 0.859. The number of hydrogen-bond donors (Lipinski definition) is 0. The molecule has 0 bridgehead atoms. The number of hydrogen-bond acceptors (Lipinski definition) is 5. The van der Waals surface area contributed by atoms with Crippen molar-refractivity contribution in [3.05, 3.63) is 66.1 Å². The molecule has 3 aromatic rings. The smallest absolute Gasteiger partial charge is 0.328 e. The first-order chi connectivity index (χ1) is 14.7. The van der Waals surface area contributed by atoms with E-state index >= 15 is 0 Å². The van der Waals surface area contributed by atoms with Crippen LogP contribution < -0.4 is 4.74 Å². The quantitative estimate of drug-likeness (QED) is 0.560. The molecule has 0 saturated carbocycles. The minimum absolute atomic E-state index is 0.211. The molecule has 1 fully saturated rings. The molecule has 6 nitrogen and oxygen atoms in total. The Labute approximate surface area is 175 Å². The average molecular weight is 407 g/mol. The van der Waals surface area contributed by atoms with Crippen LogP contribution in [0, 0.1) is 0 Å². The van der Waals surface area contributed by atoms with Crippen LogP contribution in [-0.4, -0.2) is 36.0 Å². The SMILES string of the molecule is CCOC(=O)C1CCCCN1C(=O)c1ccc(COc2ccc3ccccc3c2)o1. The zero-order valence-electron chi connectivity index (χ0n) is 17.0. The lowest BCUT2D eigenvalue weighted by Crippen LogP contribution is -2.48. The van der Waals surface area contributed by atoms with Crippen LogP contribution in [0.4, 0.5) is 0 Å². The Hall–Kier alpha value is -3.28. The second kappa shape index (κ2) is 9.03. The zero-order valence-corrected chi connectivity index (χ0v) is 17.0. The number of furan rings is 1. The van der Waals surface area contributed by atoms with Gasteiger partial charge in [0.15, 0.2) is 5.76 Å². The predicted molar refractivity (Wildman–Crippen MR) is 112 cm³/mol. The lowest BCUT2D eigenvalue weighted by molar-refractivity contribution is -0.149. The second-order valence-electron chi connectivity index (χ2n) is 7.33. The summed E-state index contributed by atoms with van der Waals surface area (Å²) in [4.78, 5) is 26.7. The summed E-state index contributed by atoms with van der Waals surface area (Å²) < 4.78 is 16.7. The summed E-state index contributed by atoms with van der Waals surface area (Å²) in [6.45, 7) is 2.80. The van der Waals surface area contributed by atoms with E-state index in [9.17, 15) is 9.59 Å². The fourth-order valence-electron chi connectivity index (χ4n) is 3.78. The molecule has 1 unspecified atom stereocenters. The number of carbonyl (C=O) groups is 2. The number of ether oxygens (including phenoxy) is 2. The van der Waals surface area contributed by atoms with Crippen molar-refractivity contribution in [1.82, 2.24) is 4.90 Å². The van der Waals surface area contributed by atoms with Gasteiger partial charge < -0.3 is 18.8 Å². The Bertz CT molecular complexity index is 1040. The molecule has 30 heavy (non-hydrogen) atoms. The lowest BCUT2D eigenvalue weighted by Gasteiger charge is -2.33. The van der Waals surface area contributed by atoms with Crippen LogP contribution in [0.3, 0.4) is 0 Å². The molecule has 1 atom stereocenters. The molecule has 6 heteroatoms. The number of rotatable bonds is 6. The Morgan fingerprint density at radius 1 is 1.07 bits per heavy atom. The fraction of sp³-hybridized carbons (Fsp3) is 0.333.